The van der Waals surface area contributed by atoms with Gasteiger partial charge < -0.3 is 0 Å². The van der Waals surface area contributed by atoms with E-state index in [0.29, 0.717) is 6.04 Å². The Morgan fingerprint density at radius 2 is 1.45 bits per heavy atom. The van der Waals surface area contributed by atoms with Crippen LogP contribution in [0.5, 0.6) is 0 Å². The molecular formula is C16H33NO2S. The molecule has 4 heteroatoms. The average molecular weight is 304 g/mol. The van der Waals surface area contributed by atoms with Crippen LogP contribution in [0.1, 0.15) is 85.5 Å². The molecule has 2 unspecified atom stereocenters. The molecule has 0 spiro atoms. The van der Waals surface area contributed by atoms with Gasteiger partial charge in [-0.25, -0.2) is 8.42 Å². The maximum atomic E-state index is 12.2. The fourth-order valence-corrected chi connectivity index (χ4v) is 4.13. The maximum absolute atomic E-state index is 12.2. The summed E-state index contributed by atoms with van der Waals surface area (Å²) in [5.74, 6) is 0. The Hall–Kier alpha value is -0.0900. The molecule has 1 aliphatic heterocycles. The van der Waals surface area contributed by atoms with Crippen molar-refractivity contribution < 1.29 is 8.42 Å². The third-order valence-corrected chi connectivity index (χ3v) is 6.75. The first-order valence-electron chi connectivity index (χ1n) is 8.32. The van der Waals surface area contributed by atoms with Gasteiger partial charge in [0.2, 0.25) is 10.0 Å². The molecule has 0 saturated carbocycles. The smallest absolute Gasteiger partial charge is 0.212 e. The van der Waals surface area contributed by atoms with Crippen LogP contribution >= 0.6 is 0 Å². The van der Waals surface area contributed by atoms with Crippen LogP contribution in [-0.4, -0.2) is 30.1 Å². The lowest BCUT2D eigenvalue weighted by Crippen LogP contribution is -2.34. The van der Waals surface area contributed by atoms with Gasteiger partial charge in [-0.05, 0) is 27.2 Å². The Kier molecular flexibility index (Phi) is 6.99. The molecule has 1 fully saturated rings. The Morgan fingerprint density at radius 1 is 0.950 bits per heavy atom. The van der Waals surface area contributed by atoms with E-state index in [1.165, 1.54) is 51.4 Å². The molecule has 0 radical (unpaired) electrons. The van der Waals surface area contributed by atoms with E-state index >= 15 is 0 Å². The molecule has 0 aliphatic carbocycles. The predicted molar refractivity (Wildman–Crippen MR) is 86.4 cm³/mol. The van der Waals surface area contributed by atoms with Crippen LogP contribution in [0.25, 0.3) is 0 Å². The zero-order chi connectivity index (χ0) is 15.2. The van der Waals surface area contributed by atoms with Gasteiger partial charge in [0.05, 0.1) is 4.75 Å². The summed E-state index contributed by atoms with van der Waals surface area (Å²) in [6.07, 6.45) is 11.5. The van der Waals surface area contributed by atoms with Crippen LogP contribution in [0.15, 0.2) is 0 Å². The van der Waals surface area contributed by atoms with Gasteiger partial charge in [0.25, 0.3) is 0 Å². The van der Waals surface area contributed by atoms with Crippen molar-refractivity contribution >= 4 is 10.0 Å². The third kappa shape index (κ3) is 5.36. The summed E-state index contributed by atoms with van der Waals surface area (Å²) in [6.45, 7) is 8.35. The molecule has 0 amide bonds. The lowest BCUT2D eigenvalue weighted by molar-refractivity contribution is 0.504. The molecule has 0 aromatic rings. The Morgan fingerprint density at radius 3 is 1.95 bits per heavy atom. The van der Waals surface area contributed by atoms with Crippen LogP contribution in [0.3, 0.4) is 0 Å². The summed E-state index contributed by atoms with van der Waals surface area (Å²) in [5, 5.41) is 0. The van der Waals surface area contributed by atoms with Gasteiger partial charge in [-0.2, -0.15) is 4.31 Å². The van der Waals surface area contributed by atoms with Crippen LogP contribution in [0.2, 0.25) is 0 Å². The lowest BCUT2D eigenvalue weighted by atomic mass is 10.1. The number of unbranched alkanes of at least 4 members (excludes halogenated alkanes) is 7. The van der Waals surface area contributed by atoms with Crippen LogP contribution < -0.4 is 0 Å². The van der Waals surface area contributed by atoms with Gasteiger partial charge in [-0.1, -0.05) is 58.3 Å². The van der Waals surface area contributed by atoms with Gasteiger partial charge in [0.1, 0.15) is 0 Å². The minimum atomic E-state index is -3.08. The monoisotopic (exact) mass is 303 g/mol. The first-order chi connectivity index (χ1) is 9.30. The number of hydrogen-bond donors (Lipinski definition) is 0. The van der Waals surface area contributed by atoms with E-state index in [4.69, 9.17) is 0 Å². The van der Waals surface area contributed by atoms with Crippen molar-refractivity contribution in [1.29, 1.82) is 0 Å². The zero-order valence-corrected chi connectivity index (χ0v) is 14.6. The SMILES string of the molecule is CCCCCCCCCCC1CN1S(=O)(=O)C(C)(C)C. The molecule has 0 aromatic heterocycles. The van der Waals surface area contributed by atoms with E-state index in [1.54, 1.807) is 25.1 Å². The molecule has 2 atom stereocenters. The van der Waals surface area contributed by atoms with Crippen LogP contribution in [0.4, 0.5) is 0 Å². The Bertz CT molecular complexity index is 370. The first-order valence-corrected chi connectivity index (χ1v) is 9.76. The molecule has 1 saturated heterocycles. The van der Waals surface area contributed by atoms with Crippen molar-refractivity contribution in [2.24, 2.45) is 0 Å². The van der Waals surface area contributed by atoms with E-state index in [1.807, 2.05) is 0 Å². The molecule has 1 aliphatic rings. The van der Waals surface area contributed by atoms with Gasteiger partial charge in [0, 0.05) is 12.6 Å². The fraction of sp³-hybridized carbons (Fsp3) is 1.00. The van der Waals surface area contributed by atoms with Crippen LogP contribution in [0, 0.1) is 0 Å². The number of hydrogen-bond acceptors (Lipinski definition) is 2. The largest absolute Gasteiger partial charge is 0.219 e. The summed E-state index contributed by atoms with van der Waals surface area (Å²) in [6, 6.07) is 0.291. The van der Waals surface area contributed by atoms with Crippen molar-refractivity contribution in [3.8, 4) is 0 Å². The Balaban J connectivity index is 2.06. The summed E-state index contributed by atoms with van der Waals surface area (Å²) in [5.41, 5.74) is 0. The summed E-state index contributed by atoms with van der Waals surface area (Å²) in [4.78, 5) is 0. The molecule has 1 rings (SSSR count). The van der Waals surface area contributed by atoms with Gasteiger partial charge in [-0.15, -0.1) is 0 Å². The highest BCUT2D eigenvalue weighted by molar-refractivity contribution is 7.90. The van der Waals surface area contributed by atoms with Crippen molar-refractivity contribution in [2.45, 2.75) is 96.3 Å². The van der Waals surface area contributed by atoms with Crippen molar-refractivity contribution in [3.05, 3.63) is 0 Å². The molecule has 0 N–H and O–H groups in total. The van der Waals surface area contributed by atoms with Crippen molar-refractivity contribution in [3.63, 3.8) is 0 Å². The van der Waals surface area contributed by atoms with E-state index < -0.39 is 14.8 Å². The van der Waals surface area contributed by atoms with Gasteiger partial charge in [0.15, 0.2) is 0 Å². The van der Waals surface area contributed by atoms with Crippen LogP contribution in [-0.2, 0) is 10.0 Å². The molecule has 0 bridgehead atoms. The minimum Gasteiger partial charge on any atom is -0.212 e. The Labute approximate surface area is 126 Å². The van der Waals surface area contributed by atoms with Gasteiger partial charge in [-0.3, -0.25) is 0 Å². The minimum absolute atomic E-state index is 0.291. The number of nitrogens with zero attached hydrogens (tertiary/aromatic N) is 1. The fourth-order valence-electron chi connectivity index (χ4n) is 2.56. The second-order valence-electron chi connectivity index (χ2n) is 7.10. The highest BCUT2D eigenvalue weighted by atomic mass is 32.2. The third-order valence-electron chi connectivity index (χ3n) is 4.14. The molecule has 1 heterocycles. The summed E-state index contributed by atoms with van der Waals surface area (Å²) in [7, 11) is -3.08. The predicted octanol–water partition coefficient (Wildman–Crippen LogP) is 4.33. The molecule has 120 valence electrons. The van der Waals surface area contributed by atoms with Crippen molar-refractivity contribution in [2.75, 3.05) is 6.54 Å². The normalized spacial score (nSPS) is 23.0. The average Bonchev–Trinajstić information content (AvgIpc) is 3.11. The maximum Gasteiger partial charge on any atom is 0.219 e. The number of rotatable bonds is 10. The van der Waals surface area contributed by atoms with E-state index in [0.717, 1.165) is 13.0 Å². The van der Waals surface area contributed by atoms with E-state index in [-0.39, 0.29) is 0 Å². The molecule has 20 heavy (non-hydrogen) atoms. The van der Waals surface area contributed by atoms with E-state index in [2.05, 4.69) is 6.92 Å². The standard InChI is InChI=1S/C16H33NO2S/c1-5-6-7-8-9-10-11-12-13-15-14-17(15)20(18,19)16(2,3)4/h15H,5-14H2,1-4H3. The second-order valence-corrected chi connectivity index (χ2v) is 9.75. The highest BCUT2D eigenvalue weighted by Gasteiger charge is 2.48. The second kappa shape index (κ2) is 7.79. The van der Waals surface area contributed by atoms with Gasteiger partial charge >= 0.3 is 0 Å². The summed E-state index contributed by atoms with van der Waals surface area (Å²) >= 11 is 0. The topological polar surface area (TPSA) is 37.1 Å². The molecule has 0 aromatic carbocycles. The zero-order valence-electron chi connectivity index (χ0n) is 13.8. The molecule has 3 nitrogen and oxygen atoms in total. The number of sulfonamides is 1. The quantitative estimate of drug-likeness (QED) is 0.445. The summed E-state index contributed by atoms with van der Waals surface area (Å²) < 4.78 is 25.4. The van der Waals surface area contributed by atoms with Crippen molar-refractivity contribution in [1.82, 2.24) is 4.31 Å². The van der Waals surface area contributed by atoms with E-state index in [9.17, 15) is 8.42 Å². The first kappa shape index (κ1) is 18.0. The molecular weight excluding hydrogens is 270 g/mol. The highest BCUT2D eigenvalue weighted by Crippen LogP contribution is 2.33. The lowest BCUT2D eigenvalue weighted by Gasteiger charge is -2.20.